The van der Waals surface area contributed by atoms with Gasteiger partial charge in [0.1, 0.15) is 17.8 Å². The van der Waals surface area contributed by atoms with Crippen molar-refractivity contribution in [2.75, 3.05) is 6.61 Å². The molecule has 0 aromatic heterocycles. The Morgan fingerprint density at radius 2 is 1.97 bits per heavy atom. The van der Waals surface area contributed by atoms with E-state index in [9.17, 15) is 15.2 Å². The highest BCUT2D eigenvalue weighted by Crippen LogP contribution is 2.74. The van der Waals surface area contributed by atoms with Crippen molar-refractivity contribution in [3.8, 4) is 6.07 Å². The maximum Gasteiger partial charge on any atom is 0.209 e. The highest BCUT2D eigenvalue weighted by atomic mass is 19.1. The van der Waals surface area contributed by atoms with Gasteiger partial charge in [-0.25, -0.2) is 4.39 Å². The normalized spacial score (nSPS) is 57.0. The van der Waals surface area contributed by atoms with Gasteiger partial charge in [0.2, 0.25) is 5.60 Å². The Kier molecular flexibility index (Phi) is 3.87. The SMILES string of the molecule is CC1(C)O[C@@H]2C[C@H]3[C@@H]4C[C@H](F)C5=CC(=O)C=C[C@]5(C)[C@H]4[C@@H](O)C[C@]3(C)[C@]2(C2(C#N)CO2)O1. The molecule has 0 aromatic carbocycles. The van der Waals surface area contributed by atoms with E-state index in [1.807, 2.05) is 20.8 Å². The number of halogens is 1. The number of alkyl halides is 1. The predicted octanol–water partition coefficient (Wildman–Crippen LogP) is 3.01. The van der Waals surface area contributed by atoms with Gasteiger partial charge >= 0.3 is 0 Å². The first kappa shape index (κ1) is 21.0. The standard InChI is InChI=1S/C25H30FNO5/c1-21(2)31-19-9-15-14-8-17(26)16-7-13(28)5-6-22(16,3)20(14)18(29)10-23(15,4)25(19,32-21)24(11-27)12-30-24/h5-7,14-15,17-20,29H,8-10,12H2,1-4H3/t14-,15-,17-,18-,19+,20+,22-,23-,24?,25+/m0/s1. The molecule has 6 rings (SSSR count). The van der Waals surface area contributed by atoms with Crippen molar-refractivity contribution in [2.24, 2.45) is 28.6 Å². The van der Waals surface area contributed by atoms with Gasteiger partial charge < -0.3 is 19.3 Å². The number of ketones is 1. The zero-order chi connectivity index (χ0) is 22.9. The van der Waals surface area contributed by atoms with Gasteiger partial charge in [-0.05, 0) is 62.7 Å². The molecule has 3 saturated carbocycles. The number of hydrogen-bond acceptors (Lipinski definition) is 6. The number of rotatable bonds is 1. The molecule has 7 heteroatoms. The molecule has 4 aliphatic carbocycles. The maximum atomic E-state index is 15.6. The van der Waals surface area contributed by atoms with Crippen molar-refractivity contribution in [3.05, 3.63) is 23.8 Å². The van der Waals surface area contributed by atoms with Gasteiger partial charge in [0.15, 0.2) is 11.6 Å². The van der Waals surface area contributed by atoms with E-state index in [4.69, 9.17) is 14.2 Å². The molecule has 2 aliphatic heterocycles. The summed E-state index contributed by atoms with van der Waals surface area (Å²) >= 11 is 0. The Morgan fingerprint density at radius 3 is 2.62 bits per heavy atom. The summed E-state index contributed by atoms with van der Waals surface area (Å²) in [5, 5.41) is 21.7. The summed E-state index contributed by atoms with van der Waals surface area (Å²) in [6, 6.07) is 2.37. The van der Waals surface area contributed by atoms with Crippen LogP contribution in [0.3, 0.4) is 0 Å². The number of hydrogen-bond donors (Lipinski definition) is 1. The van der Waals surface area contributed by atoms with Crippen LogP contribution in [0.1, 0.15) is 47.0 Å². The third-order valence-electron chi connectivity index (χ3n) is 9.68. The van der Waals surface area contributed by atoms with Crippen LogP contribution in [-0.2, 0) is 19.0 Å². The molecule has 5 fully saturated rings. The second kappa shape index (κ2) is 5.90. The van der Waals surface area contributed by atoms with Crippen molar-refractivity contribution in [3.63, 3.8) is 0 Å². The second-order valence-electron chi connectivity index (χ2n) is 11.6. The molecule has 2 saturated heterocycles. The Morgan fingerprint density at radius 1 is 1.25 bits per heavy atom. The van der Waals surface area contributed by atoms with Crippen LogP contribution in [0.2, 0.25) is 0 Å². The number of fused-ring (bicyclic) bond motifs is 7. The monoisotopic (exact) mass is 443 g/mol. The van der Waals surface area contributed by atoms with E-state index in [0.717, 1.165) is 0 Å². The number of allylic oxidation sites excluding steroid dienone is 4. The molecule has 1 N–H and O–H groups in total. The van der Waals surface area contributed by atoms with Gasteiger partial charge in [0.05, 0.1) is 18.8 Å². The smallest absolute Gasteiger partial charge is 0.209 e. The lowest BCUT2D eigenvalue weighted by atomic mass is 9.45. The summed E-state index contributed by atoms with van der Waals surface area (Å²) in [6.45, 7) is 7.98. The van der Waals surface area contributed by atoms with Crippen molar-refractivity contribution < 1.29 is 28.5 Å². The molecule has 32 heavy (non-hydrogen) atoms. The lowest BCUT2D eigenvalue weighted by Crippen LogP contribution is -2.66. The minimum Gasteiger partial charge on any atom is -0.393 e. The van der Waals surface area contributed by atoms with Crippen LogP contribution >= 0.6 is 0 Å². The van der Waals surface area contributed by atoms with E-state index in [-0.39, 0.29) is 42.7 Å². The topological polar surface area (TPSA) is 92.1 Å². The molecular formula is C25H30FNO5. The van der Waals surface area contributed by atoms with Gasteiger partial charge in [-0.3, -0.25) is 4.79 Å². The minimum absolute atomic E-state index is 0.00548. The van der Waals surface area contributed by atoms with Crippen LogP contribution in [0.4, 0.5) is 4.39 Å². The van der Waals surface area contributed by atoms with Gasteiger partial charge in [-0.1, -0.05) is 19.9 Å². The van der Waals surface area contributed by atoms with Crippen molar-refractivity contribution in [2.45, 2.75) is 82.3 Å². The quantitative estimate of drug-likeness (QED) is 0.627. The van der Waals surface area contributed by atoms with E-state index in [1.165, 1.54) is 12.2 Å². The van der Waals surface area contributed by atoms with Crippen molar-refractivity contribution in [1.82, 2.24) is 0 Å². The molecule has 1 unspecified atom stereocenters. The average Bonchev–Trinajstić information content (AvgIpc) is 3.39. The number of carbonyl (C=O) groups is 1. The summed E-state index contributed by atoms with van der Waals surface area (Å²) < 4.78 is 34.3. The molecule has 6 nitrogen and oxygen atoms in total. The third-order valence-corrected chi connectivity index (χ3v) is 9.68. The van der Waals surface area contributed by atoms with E-state index >= 15 is 4.39 Å². The van der Waals surface area contributed by atoms with Crippen LogP contribution in [0, 0.1) is 39.9 Å². The Balaban J connectivity index is 1.48. The highest BCUT2D eigenvalue weighted by molar-refractivity contribution is 6.01. The summed E-state index contributed by atoms with van der Waals surface area (Å²) in [6.07, 6.45) is 3.64. The number of aliphatic hydroxyl groups excluding tert-OH is 1. The van der Waals surface area contributed by atoms with Crippen LogP contribution in [-0.4, -0.2) is 52.9 Å². The summed E-state index contributed by atoms with van der Waals surface area (Å²) in [5.74, 6) is -1.43. The van der Waals surface area contributed by atoms with Gasteiger partial charge in [-0.15, -0.1) is 0 Å². The van der Waals surface area contributed by atoms with Crippen LogP contribution in [0.25, 0.3) is 0 Å². The first-order chi connectivity index (χ1) is 14.9. The zero-order valence-corrected chi connectivity index (χ0v) is 18.9. The minimum atomic E-state index is -1.25. The Labute approximate surface area is 187 Å². The molecule has 0 aromatic rings. The van der Waals surface area contributed by atoms with Crippen LogP contribution in [0.5, 0.6) is 0 Å². The predicted molar refractivity (Wildman–Crippen MR) is 111 cm³/mol. The van der Waals surface area contributed by atoms with E-state index in [2.05, 4.69) is 13.0 Å². The summed E-state index contributed by atoms with van der Waals surface area (Å²) in [5.41, 5.74) is -2.99. The lowest BCUT2D eigenvalue weighted by molar-refractivity contribution is -0.240. The molecule has 0 spiro atoms. The van der Waals surface area contributed by atoms with Crippen LogP contribution in [0.15, 0.2) is 23.8 Å². The fraction of sp³-hybridized carbons (Fsp3) is 0.760. The van der Waals surface area contributed by atoms with E-state index in [0.29, 0.717) is 18.4 Å². The van der Waals surface area contributed by atoms with Gasteiger partial charge in [0, 0.05) is 16.7 Å². The number of nitriles is 1. The van der Waals surface area contributed by atoms with Crippen molar-refractivity contribution in [1.29, 1.82) is 5.26 Å². The summed E-state index contributed by atoms with van der Waals surface area (Å²) in [7, 11) is 0. The van der Waals surface area contributed by atoms with Crippen LogP contribution < -0.4 is 0 Å². The first-order valence-corrected chi connectivity index (χ1v) is 11.6. The second-order valence-corrected chi connectivity index (χ2v) is 11.6. The fourth-order valence-electron chi connectivity index (χ4n) is 8.61. The Hall–Kier alpha value is -1.59. The largest absolute Gasteiger partial charge is 0.393 e. The lowest BCUT2D eigenvalue weighted by Gasteiger charge is -2.60. The number of aliphatic hydroxyl groups is 1. The Bertz CT molecular complexity index is 1010. The molecule has 6 aliphatic rings. The molecule has 172 valence electrons. The fourth-order valence-corrected chi connectivity index (χ4v) is 8.61. The highest BCUT2D eigenvalue weighted by Gasteiger charge is 2.84. The molecule has 0 radical (unpaired) electrons. The molecule has 10 atom stereocenters. The number of nitrogens with zero attached hydrogens (tertiary/aromatic N) is 1. The zero-order valence-electron chi connectivity index (χ0n) is 18.9. The van der Waals surface area contributed by atoms with Crippen molar-refractivity contribution >= 4 is 5.78 Å². The number of carbonyl (C=O) groups excluding carboxylic acids is 1. The summed E-state index contributed by atoms with van der Waals surface area (Å²) in [4.78, 5) is 12.0. The van der Waals surface area contributed by atoms with E-state index in [1.54, 1.807) is 6.08 Å². The molecule has 0 amide bonds. The first-order valence-electron chi connectivity index (χ1n) is 11.6. The van der Waals surface area contributed by atoms with Gasteiger partial charge in [-0.2, -0.15) is 5.26 Å². The van der Waals surface area contributed by atoms with E-state index < -0.39 is 40.1 Å². The number of ether oxygens (including phenoxy) is 3. The average molecular weight is 444 g/mol. The molecular weight excluding hydrogens is 413 g/mol. The maximum absolute atomic E-state index is 15.6. The van der Waals surface area contributed by atoms with Gasteiger partial charge in [0.25, 0.3) is 0 Å². The molecule has 0 bridgehead atoms. The number of epoxide rings is 1. The molecule has 2 heterocycles. The third kappa shape index (κ3) is 2.20.